The molecule has 0 aromatic carbocycles. The first kappa shape index (κ1) is 14.0. The minimum absolute atomic E-state index is 0.284. The van der Waals surface area contributed by atoms with Gasteiger partial charge < -0.3 is 4.84 Å². The van der Waals surface area contributed by atoms with Gasteiger partial charge in [0.1, 0.15) is 0 Å². The molecule has 1 rings (SSSR count). The summed E-state index contributed by atoms with van der Waals surface area (Å²) < 4.78 is 0. The number of hydrogen-bond acceptors (Lipinski definition) is 2. The van der Waals surface area contributed by atoms with Gasteiger partial charge in [-0.1, -0.05) is 53.4 Å². The van der Waals surface area contributed by atoms with Crippen LogP contribution in [0.1, 0.15) is 66.2 Å². The molecule has 1 aliphatic rings. The average molecular weight is 227 g/mol. The van der Waals surface area contributed by atoms with Crippen molar-refractivity contribution in [3.63, 3.8) is 0 Å². The molecule has 0 saturated heterocycles. The van der Waals surface area contributed by atoms with Crippen molar-refractivity contribution in [1.82, 2.24) is 0 Å². The lowest BCUT2D eigenvalue weighted by molar-refractivity contribution is -0.0350. The molecule has 96 valence electrons. The summed E-state index contributed by atoms with van der Waals surface area (Å²) in [7, 11) is 0. The minimum atomic E-state index is 0.284. The molecule has 3 unspecified atom stereocenters. The molecule has 0 amide bonds. The number of hydrogen-bond donors (Lipinski definition) is 1. The standard InChI is InChI=1S/C14H29NO/c1-5-12(14(2,3)4)11-9-7-6-8-10-13(11)16-15/h11-13H,5-10,15H2,1-4H3. The molecule has 0 spiro atoms. The highest BCUT2D eigenvalue weighted by Gasteiger charge is 2.36. The Bertz CT molecular complexity index is 197. The average Bonchev–Trinajstić information content (AvgIpc) is 2.42. The van der Waals surface area contributed by atoms with Gasteiger partial charge in [0.2, 0.25) is 0 Å². The second kappa shape index (κ2) is 6.02. The highest BCUT2D eigenvalue weighted by molar-refractivity contribution is 4.85. The predicted octanol–water partition coefficient (Wildman–Crippen LogP) is 3.90. The van der Waals surface area contributed by atoms with Crippen LogP contribution >= 0.6 is 0 Å². The lowest BCUT2D eigenvalue weighted by Gasteiger charge is -2.39. The summed E-state index contributed by atoms with van der Waals surface area (Å²) in [4.78, 5) is 5.26. The van der Waals surface area contributed by atoms with Gasteiger partial charge in [0.25, 0.3) is 0 Å². The van der Waals surface area contributed by atoms with Gasteiger partial charge in [0.05, 0.1) is 6.10 Å². The lowest BCUT2D eigenvalue weighted by atomic mass is 9.68. The Morgan fingerprint density at radius 1 is 1.19 bits per heavy atom. The van der Waals surface area contributed by atoms with Crippen LogP contribution in [0.4, 0.5) is 0 Å². The van der Waals surface area contributed by atoms with Gasteiger partial charge in [0, 0.05) is 0 Å². The van der Waals surface area contributed by atoms with E-state index in [0.717, 1.165) is 12.3 Å². The zero-order valence-electron chi connectivity index (χ0n) is 11.5. The Kier molecular flexibility index (Phi) is 5.26. The van der Waals surface area contributed by atoms with Gasteiger partial charge in [-0.3, -0.25) is 0 Å². The van der Waals surface area contributed by atoms with Crippen LogP contribution in [0, 0.1) is 17.3 Å². The summed E-state index contributed by atoms with van der Waals surface area (Å²) in [6.45, 7) is 9.34. The van der Waals surface area contributed by atoms with Crippen molar-refractivity contribution in [2.75, 3.05) is 0 Å². The maximum atomic E-state index is 5.50. The molecule has 2 nitrogen and oxygen atoms in total. The molecule has 0 aliphatic heterocycles. The van der Waals surface area contributed by atoms with Gasteiger partial charge in [-0.2, -0.15) is 0 Å². The third-order valence-electron chi connectivity index (χ3n) is 4.25. The molecule has 0 heterocycles. The highest BCUT2D eigenvalue weighted by Crippen LogP contribution is 2.41. The number of nitrogens with two attached hydrogens (primary N) is 1. The zero-order chi connectivity index (χ0) is 12.2. The third kappa shape index (κ3) is 3.46. The van der Waals surface area contributed by atoms with Crippen LogP contribution in [-0.2, 0) is 4.84 Å². The van der Waals surface area contributed by atoms with Crippen LogP contribution in [0.5, 0.6) is 0 Å². The highest BCUT2D eigenvalue weighted by atomic mass is 16.6. The number of rotatable bonds is 3. The molecule has 3 atom stereocenters. The van der Waals surface area contributed by atoms with Crippen LogP contribution in [-0.4, -0.2) is 6.10 Å². The predicted molar refractivity (Wildman–Crippen MR) is 68.9 cm³/mol. The van der Waals surface area contributed by atoms with E-state index in [1.54, 1.807) is 0 Å². The van der Waals surface area contributed by atoms with E-state index in [4.69, 9.17) is 10.7 Å². The summed E-state index contributed by atoms with van der Waals surface area (Å²) in [5.74, 6) is 6.87. The Hall–Kier alpha value is -0.0800. The maximum Gasteiger partial charge on any atom is 0.0818 e. The van der Waals surface area contributed by atoms with E-state index in [2.05, 4.69) is 27.7 Å². The fraction of sp³-hybridized carbons (Fsp3) is 1.00. The first-order valence-electron chi connectivity index (χ1n) is 6.86. The van der Waals surface area contributed by atoms with Crippen molar-refractivity contribution in [1.29, 1.82) is 0 Å². The molecule has 16 heavy (non-hydrogen) atoms. The van der Waals surface area contributed by atoms with E-state index in [1.165, 1.54) is 32.1 Å². The molecule has 1 saturated carbocycles. The van der Waals surface area contributed by atoms with Crippen LogP contribution in [0.15, 0.2) is 0 Å². The largest absolute Gasteiger partial charge is 0.301 e. The first-order chi connectivity index (χ1) is 7.50. The summed E-state index contributed by atoms with van der Waals surface area (Å²) >= 11 is 0. The Morgan fingerprint density at radius 2 is 1.81 bits per heavy atom. The Labute approximate surface area is 101 Å². The van der Waals surface area contributed by atoms with E-state index in [1.807, 2.05) is 0 Å². The van der Waals surface area contributed by atoms with E-state index in [9.17, 15) is 0 Å². The van der Waals surface area contributed by atoms with Crippen LogP contribution in [0.3, 0.4) is 0 Å². The Balaban J connectivity index is 2.78. The smallest absolute Gasteiger partial charge is 0.0818 e. The van der Waals surface area contributed by atoms with E-state index >= 15 is 0 Å². The van der Waals surface area contributed by atoms with Crippen LogP contribution in [0.25, 0.3) is 0 Å². The van der Waals surface area contributed by atoms with E-state index in [-0.39, 0.29) is 6.10 Å². The molecular formula is C14H29NO. The lowest BCUT2D eigenvalue weighted by Crippen LogP contribution is -2.37. The second-order valence-electron chi connectivity index (χ2n) is 6.36. The SMILES string of the molecule is CCC(C1CCCCCC1ON)C(C)(C)C. The first-order valence-corrected chi connectivity index (χ1v) is 6.86. The fourth-order valence-corrected chi connectivity index (χ4v) is 3.49. The topological polar surface area (TPSA) is 35.2 Å². The maximum absolute atomic E-state index is 5.50. The van der Waals surface area contributed by atoms with Gasteiger partial charge in [0.15, 0.2) is 0 Å². The molecular weight excluding hydrogens is 198 g/mol. The quantitative estimate of drug-likeness (QED) is 0.586. The van der Waals surface area contributed by atoms with Gasteiger partial charge in [-0.15, -0.1) is 0 Å². The van der Waals surface area contributed by atoms with Crippen LogP contribution < -0.4 is 5.90 Å². The molecule has 2 N–H and O–H groups in total. The van der Waals surface area contributed by atoms with Crippen molar-refractivity contribution in [2.45, 2.75) is 72.3 Å². The molecule has 2 heteroatoms. The summed E-state index contributed by atoms with van der Waals surface area (Å²) in [6, 6.07) is 0. The van der Waals surface area contributed by atoms with Crippen molar-refractivity contribution in [3.8, 4) is 0 Å². The third-order valence-corrected chi connectivity index (χ3v) is 4.25. The van der Waals surface area contributed by atoms with E-state index < -0.39 is 0 Å². The van der Waals surface area contributed by atoms with Gasteiger partial charge in [-0.25, -0.2) is 5.90 Å². The van der Waals surface area contributed by atoms with Crippen molar-refractivity contribution in [3.05, 3.63) is 0 Å². The molecule has 0 radical (unpaired) electrons. The fourth-order valence-electron chi connectivity index (χ4n) is 3.49. The van der Waals surface area contributed by atoms with Gasteiger partial charge >= 0.3 is 0 Å². The van der Waals surface area contributed by atoms with Crippen molar-refractivity contribution >= 4 is 0 Å². The van der Waals surface area contributed by atoms with Gasteiger partial charge in [-0.05, 0) is 30.1 Å². The summed E-state index contributed by atoms with van der Waals surface area (Å²) in [5, 5.41) is 0. The van der Waals surface area contributed by atoms with E-state index in [0.29, 0.717) is 11.3 Å². The minimum Gasteiger partial charge on any atom is -0.301 e. The normalized spacial score (nSPS) is 29.8. The van der Waals surface area contributed by atoms with Crippen molar-refractivity contribution < 1.29 is 4.84 Å². The molecule has 1 fully saturated rings. The molecule has 0 aromatic heterocycles. The molecule has 0 bridgehead atoms. The summed E-state index contributed by atoms with van der Waals surface area (Å²) in [6.07, 6.45) is 7.92. The van der Waals surface area contributed by atoms with Crippen LogP contribution in [0.2, 0.25) is 0 Å². The summed E-state index contributed by atoms with van der Waals surface area (Å²) in [5.41, 5.74) is 0.362. The molecule has 1 aliphatic carbocycles. The zero-order valence-corrected chi connectivity index (χ0v) is 11.5. The van der Waals surface area contributed by atoms with Crippen molar-refractivity contribution in [2.24, 2.45) is 23.1 Å². The monoisotopic (exact) mass is 227 g/mol. The molecule has 0 aromatic rings. The second-order valence-corrected chi connectivity index (χ2v) is 6.36. The Morgan fingerprint density at radius 3 is 2.31 bits per heavy atom.